The van der Waals surface area contributed by atoms with Crippen LogP contribution in [0.3, 0.4) is 0 Å². The van der Waals surface area contributed by atoms with Crippen LogP contribution >= 0.6 is 0 Å². The van der Waals surface area contributed by atoms with E-state index < -0.39 is 11.6 Å². The van der Waals surface area contributed by atoms with Gasteiger partial charge in [-0.1, -0.05) is 0 Å². The molecule has 15 heavy (non-hydrogen) atoms. The maximum atomic E-state index is 13.2. The van der Waals surface area contributed by atoms with Crippen molar-refractivity contribution in [1.29, 1.82) is 0 Å². The van der Waals surface area contributed by atoms with Crippen molar-refractivity contribution in [2.75, 3.05) is 0 Å². The number of aromatic nitrogens is 1. The summed E-state index contributed by atoms with van der Waals surface area (Å²) in [5.41, 5.74) is 0. The molecule has 2 aromatic rings. The first-order valence-electron chi connectivity index (χ1n) is 4.41. The average Bonchev–Trinajstić information content (AvgIpc) is 2.58. The van der Waals surface area contributed by atoms with Gasteiger partial charge < -0.3 is 9.30 Å². The zero-order valence-electron chi connectivity index (χ0n) is 8.08. The first kappa shape index (κ1) is 9.71. The van der Waals surface area contributed by atoms with Crippen LogP contribution in [0.15, 0.2) is 36.5 Å². The Morgan fingerprint density at radius 2 is 2.00 bits per heavy atom. The second kappa shape index (κ2) is 3.73. The third kappa shape index (κ3) is 1.98. The zero-order valence-corrected chi connectivity index (χ0v) is 8.08. The molecule has 2 nitrogen and oxygen atoms in total. The molecule has 0 aliphatic heterocycles. The van der Waals surface area contributed by atoms with Crippen molar-refractivity contribution >= 4 is 0 Å². The summed E-state index contributed by atoms with van der Waals surface area (Å²) in [7, 11) is 1.76. The molecule has 4 heteroatoms. The molecule has 0 aliphatic carbocycles. The summed E-state index contributed by atoms with van der Waals surface area (Å²) in [4.78, 5) is 0. The lowest BCUT2D eigenvalue weighted by molar-refractivity contribution is 0.408. The predicted molar refractivity (Wildman–Crippen MR) is 51.8 cm³/mol. The Kier molecular flexibility index (Phi) is 2.41. The highest BCUT2D eigenvalue weighted by molar-refractivity contribution is 5.29. The fourth-order valence-electron chi connectivity index (χ4n) is 1.22. The van der Waals surface area contributed by atoms with Gasteiger partial charge in [-0.25, -0.2) is 8.78 Å². The van der Waals surface area contributed by atoms with Gasteiger partial charge in [-0.15, -0.1) is 0 Å². The Balaban J connectivity index is 2.32. The minimum atomic E-state index is -0.586. The van der Waals surface area contributed by atoms with E-state index in [1.807, 2.05) is 0 Å². The van der Waals surface area contributed by atoms with E-state index in [-0.39, 0.29) is 5.75 Å². The molecule has 0 bridgehead atoms. The number of halogens is 2. The standard InChI is InChI=1S/C11H9F2NO/c1-14-6-2-3-11(14)15-10-7-8(12)4-5-9(10)13/h2-7H,1H3. The van der Waals surface area contributed by atoms with Gasteiger partial charge in [-0.05, 0) is 18.2 Å². The van der Waals surface area contributed by atoms with E-state index in [1.165, 1.54) is 0 Å². The Morgan fingerprint density at radius 3 is 2.67 bits per heavy atom. The van der Waals surface area contributed by atoms with Crippen molar-refractivity contribution in [2.24, 2.45) is 7.05 Å². The van der Waals surface area contributed by atoms with Crippen LogP contribution in [-0.2, 0) is 7.05 Å². The summed E-state index contributed by atoms with van der Waals surface area (Å²) in [5.74, 6) is -0.769. The van der Waals surface area contributed by atoms with E-state index in [2.05, 4.69) is 0 Å². The predicted octanol–water partition coefficient (Wildman–Crippen LogP) is 3.10. The van der Waals surface area contributed by atoms with Crippen molar-refractivity contribution < 1.29 is 13.5 Å². The van der Waals surface area contributed by atoms with Crippen LogP contribution in [0.2, 0.25) is 0 Å². The summed E-state index contributed by atoms with van der Waals surface area (Å²) in [6.07, 6.45) is 1.76. The molecule has 0 saturated carbocycles. The van der Waals surface area contributed by atoms with Crippen LogP contribution < -0.4 is 4.74 Å². The van der Waals surface area contributed by atoms with Crippen LogP contribution in [-0.4, -0.2) is 4.57 Å². The molecule has 78 valence electrons. The molecule has 2 rings (SSSR count). The topological polar surface area (TPSA) is 14.2 Å². The number of rotatable bonds is 2. The molecular weight excluding hydrogens is 200 g/mol. The minimum Gasteiger partial charge on any atom is -0.438 e. The second-order valence-corrected chi connectivity index (χ2v) is 3.13. The molecule has 0 aliphatic rings. The van der Waals surface area contributed by atoms with E-state index >= 15 is 0 Å². The monoisotopic (exact) mass is 209 g/mol. The molecule has 0 fully saturated rings. The zero-order chi connectivity index (χ0) is 10.8. The fourth-order valence-corrected chi connectivity index (χ4v) is 1.22. The maximum Gasteiger partial charge on any atom is 0.199 e. The molecule has 0 saturated heterocycles. The molecule has 0 radical (unpaired) electrons. The highest BCUT2D eigenvalue weighted by Gasteiger charge is 2.07. The lowest BCUT2D eigenvalue weighted by Crippen LogP contribution is -1.94. The van der Waals surface area contributed by atoms with Crippen LogP contribution in [0.4, 0.5) is 8.78 Å². The molecule has 0 N–H and O–H groups in total. The number of benzene rings is 1. The summed E-state index contributed by atoms with van der Waals surface area (Å²) >= 11 is 0. The van der Waals surface area contributed by atoms with Gasteiger partial charge in [0.25, 0.3) is 0 Å². The van der Waals surface area contributed by atoms with Gasteiger partial charge >= 0.3 is 0 Å². The average molecular weight is 209 g/mol. The van der Waals surface area contributed by atoms with E-state index in [0.717, 1.165) is 18.2 Å². The van der Waals surface area contributed by atoms with E-state index in [0.29, 0.717) is 5.88 Å². The highest BCUT2D eigenvalue weighted by Crippen LogP contribution is 2.24. The van der Waals surface area contributed by atoms with E-state index in [1.54, 1.807) is 29.9 Å². The molecule has 1 heterocycles. The third-order valence-electron chi connectivity index (χ3n) is 2.00. The highest BCUT2D eigenvalue weighted by atomic mass is 19.1. The van der Waals surface area contributed by atoms with Crippen molar-refractivity contribution in [3.05, 3.63) is 48.2 Å². The fraction of sp³-hybridized carbons (Fsp3) is 0.0909. The van der Waals surface area contributed by atoms with Gasteiger partial charge in [0.05, 0.1) is 0 Å². The Morgan fingerprint density at radius 1 is 1.20 bits per heavy atom. The van der Waals surface area contributed by atoms with Gasteiger partial charge in [0.15, 0.2) is 17.4 Å². The third-order valence-corrected chi connectivity index (χ3v) is 2.00. The van der Waals surface area contributed by atoms with Crippen LogP contribution in [0.25, 0.3) is 0 Å². The Bertz CT molecular complexity index is 479. The van der Waals surface area contributed by atoms with Crippen LogP contribution in [0.1, 0.15) is 0 Å². The quantitative estimate of drug-likeness (QED) is 0.741. The van der Waals surface area contributed by atoms with Crippen molar-refractivity contribution in [3.63, 3.8) is 0 Å². The normalized spacial score (nSPS) is 10.3. The van der Waals surface area contributed by atoms with Crippen molar-refractivity contribution in [2.45, 2.75) is 0 Å². The number of hydrogen-bond acceptors (Lipinski definition) is 1. The van der Waals surface area contributed by atoms with Crippen molar-refractivity contribution in [3.8, 4) is 11.6 Å². The lowest BCUT2D eigenvalue weighted by Gasteiger charge is -2.07. The first-order valence-corrected chi connectivity index (χ1v) is 4.41. The number of aryl methyl sites for hydroxylation is 1. The smallest absolute Gasteiger partial charge is 0.199 e. The van der Waals surface area contributed by atoms with Gasteiger partial charge in [0.1, 0.15) is 5.82 Å². The van der Waals surface area contributed by atoms with Crippen LogP contribution in [0.5, 0.6) is 11.6 Å². The lowest BCUT2D eigenvalue weighted by atomic mass is 10.3. The summed E-state index contributed by atoms with van der Waals surface area (Å²) in [6, 6.07) is 6.53. The number of nitrogens with zero attached hydrogens (tertiary/aromatic N) is 1. The Hall–Kier alpha value is -1.84. The molecule has 1 aromatic heterocycles. The second-order valence-electron chi connectivity index (χ2n) is 3.13. The maximum absolute atomic E-state index is 13.2. The first-order chi connectivity index (χ1) is 7.16. The SMILES string of the molecule is Cn1cccc1Oc1cc(F)ccc1F. The molecule has 1 aromatic carbocycles. The molecule has 0 unspecified atom stereocenters. The number of ether oxygens (including phenoxy) is 1. The minimum absolute atomic E-state index is 0.114. The molecule has 0 spiro atoms. The van der Waals surface area contributed by atoms with Gasteiger partial charge in [0.2, 0.25) is 0 Å². The molecule has 0 amide bonds. The molecular formula is C11H9F2NO. The summed E-state index contributed by atoms with van der Waals surface area (Å²) < 4.78 is 32.9. The largest absolute Gasteiger partial charge is 0.438 e. The summed E-state index contributed by atoms with van der Waals surface area (Å²) in [6.45, 7) is 0. The van der Waals surface area contributed by atoms with Gasteiger partial charge in [0, 0.05) is 25.4 Å². The number of hydrogen-bond donors (Lipinski definition) is 0. The van der Waals surface area contributed by atoms with E-state index in [9.17, 15) is 8.78 Å². The van der Waals surface area contributed by atoms with Gasteiger partial charge in [-0.3, -0.25) is 0 Å². The van der Waals surface area contributed by atoms with Crippen molar-refractivity contribution in [1.82, 2.24) is 4.57 Å². The van der Waals surface area contributed by atoms with Gasteiger partial charge in [-0.2, -0.15) is 0 Å². The molecule has 0 atom stereocenters. The van der Waals surface area contributed by atoms with E-state index in [4.69, 9.17) is 4.74 Å². The summed E-state index contributed by atoms with van der Waals surface area (Å²) in [5, 5.41) is 0. The van der Waals surface area contributed by atoms with Crippen LogP contribution in [0, 0.1) is 11.6 Å². The Labute approximate surface area is 85.7 Å².